The fraction of sp³-hybridized carbons (Fsp3) is 0.421. The second-order valence-corrected chi connectivity index (χ2v) is 7.06. The van der Waals surface area contributed by atoms with Gasteiger partial charge in [0.25, 0.3) is 5.91 Å². The Hall–Kier alpha value is -2.87. The monoisotopic (exact) mass is 368 g/mol. The van der Waals surface area contributed by atoms with E-state index in [1.165, 1.54) is 0 Å². The highest BCUT2D eigenvalue weighted by Gasteiger charge is 2.24. The Labute approximate surface area is 157 Å². The largest absolute Gasteiger partial charge is 0.336 e. The molecule has 2 fully saturated rings. The van der Waals surface area contributed by atoms with Crippen LogP contribution in [0.5, 0.6) is 0 Å². The summed E-state index contributed by atoms with van der Waals surface area (Å²) in [5.41, 5.74) is 3.98. The molecule has 1 aromatic heterocycles. The van der Waals surface area contributed by atoms with Crippen LogP contribution >= 0.6 is 0 Å². The molecule has 1 aromatic carbocycles. The molecule has 0 saturated carbocycles. The average Bonchev–Trinajstić information content (AvgIpc) is 3.33. The Kier molecular flexibility index (Phi) is 4.81. The van der Waals surface area contributed by atoms with Crippen molar-refractivity contribution >= 4 is 23.3 Å². The summed E-state index contributed by atoms with van der Waals surface area (Å²) in [7, 11) is 0. The minimum atomic E-state index is -0.184. The Morgan fingerprint density at radius 2 is 2.07 bits per heavy atom. The van der Waals surface area contributed by atoms with E-state index in [0.717, 1.165) is 48.4 Å². The molecule has 2 aliphatic rings. The lowest BCUT2D eigenvalue weighted by Crippen LogP contribution is -2.28. The van der Waals surface area contributed by atoms with Gasteiger partial charge in [-0.3, -0.25) is 14.8 Å². The zero-order valence-electron chi connectivity index (χ0n) is 15.3. The third-order valence-electron chi connectivity index (χ3n) is 5.30. The van der Waals surface area contributed by atoms with Gasteiger partial charge in [-0.15, -0.1) is 0 Å². The fourth-order valence-electron chi connectivity index (χ4n) is 3.78. The number of nitrogens with zero attached hydrogens (tertiary/aromatic N) is 2. The van der Waals surface area contributed by atoms with E-state index < -0.39 is 0 Å². The van der Waals surface area contributed by atoms with Crippen molar-refractivity contribution in [2.45, 2.75) is 25.7 Å². The van der Waals surface area contributed by atoms with E-state index in [2.05, 4.69) is 26.1 Å². The quantitative estimate of drug-likeness (QED) is 0.662. The van der Waals surface area contributed by atoms with E-state index in [-0.39, 0.29) is 11.9 Å². The predicted octanol–water partition coefficient (Wildman–Crippen LogP) is 1.97. The van der Waals surface area contributed by atoms with E-state index in [1.807, 2.05) is 25.1 Å². The first-order valence-corrected chi connectivity index (χ1v) is 9.35. The molecule has 8 nitrogen and oxygen atoms in total. The zero-order chi connectivity index (χ0) is 18.8. The van der Waals surface area contributed by atoms with E-state index in [9.17, 15) is 9.59 Å². The number of anilines is 2. The summed E-state index contributed by atoms with van der Waals surface area (Å²) in [6.07, 6.45) is 3.78. The molecule has 3 amide bonds. The van der Waals surface area contributed by atoms with Gasteiger partial charge in [0.05, 0.1) is 6.20 Å². The van der Waals surface area contributed by atoms with Gasteiger partial charge >= 0.3 is 6.03 Å². The number of nitrogens with one attached hydrogen (secondary N) is 4. The first kappa shape index (κ1) is 17.5. The number of amides is 3. The maximum absolute atomic E-state index is 12.8. The predicted molar refractivity (Wildman–Crippen MR) is 103 cm³/mol. The van der Waals surface area contributed by atoms with Crippen LogP contribution in [-0.4, -0.2) is 48.3 Å². The number of hydrogen-bond acceptors (Lipinski definition) is 4. The van der Waals surface area contributed by atoms with Crippen molar-refractivity contribution in [1.82, 2.24) is 20.8 Å². The highest BCUT2D eigenvalue weighted by Crippen LogP contribution is 2.28. The van der Waals surface area contributed by atoms with Gasteiger partial charge in [0, 0.05) is 30.0 Å². The smallest absolute Gasteiger partial charge is 0.321 e. The third-order valence-corrected chi connectivity index (χ3v) is 5.30. The molecule has 0 bridgehead atoms. The van der Waals surface area contributed by atoms with Crippen LogP contribution in [0.3, 0.4) is 0 Å². The number of urea groups is 1. The Bertz CT molecular complexity index is 856. The molecular weight excluding hydrogens is 344 g/mol. The van der Waals surface area contributed by atoms with Crippen molar-refractivity contribution < 1.29 is 9.59 Å². The van der Waals surface area contributed by atoms with Gasteiger partial charge in [0.15, 0.2) is 0 Å². The number of aryl methyl sites for hydroxylation is 1. The molecule has 0 spiro atoms. The maximum Gasteiger partial charge on any atom is 0.321 e. The zero-order valence-corrected chi connectivity index (χ0v) is 15.3. The first-order valence-electron chi connectivity index (χ1n) is 9.35. The highest BCUT2D eigenvalue weighted by molar-refractivity contribution is 6.04. The number of carbonyl (C=O) groups excluding carboxylic acids is 2. The third kappa shape index (κ3) is 3.52. The number of aromatic amines is 1. The molecule has 2 aromatic rings. The minimum Gasteiger partial charge on any atom is -0.336 e. The van der Waals surface area contributed by atoms with Crippen LogP contribution in [0.4, 0.5) is 16.2 Å². The molecule has 142 valence electrons. The first-order chi connectivity index (χ1) is 13.1. The van der Waals surface area contributed by atoms with E-state index in [1.54, 1.807) is 11.1 Å². The molecule has 0 unspecified atom stereocenters. The number of carbonyl (C=O) groups is 2. The summed E-state index contributed by atoms with van der Waals surface area (Å²) >= 11 is 0. The van der Waals surface area contributed by atoms with E-state index >= 15 is 0 Å². The van der Waals surface area contributed by atoms with Gasteiger partial charge in [-0.05, 0) is 62.5 Å². The molecule has 4 N–H and O–H groups in total. The van der Waals surface area contributed by atoms with Gasteiger partial charge in [-0.1, -0.05) is 0 Å². The van der Waals surface area contributed by atoms with Crippen molar-refractivity contribution in [1.29, 1.82) is 0 Å². The van der Waals surface area contributed by atoms with E-state index in [0.29, 0.717) is 24.7 Å². The van der Waals surface area contributed by atoms with Crippen LogP contribution in [0.15, 0.2) is 24.4 Å². The van der Waals surface area contributed by atoms with Crippen LogP contribution < -0.4 is 20.9 Å². The second kappa shape index (κ2) is 7.40. The Balaban J connectivity index is 1.50. The lowest BCUT2D eigenvalue weighted by molar-refractivity contribution is 0.102. The van der Waals surface area contributed by atoms with Crippen LogP contribution in [0.2, 0.25) is 0 Å². The summed E-state index contributed by atoms with van der Waals surface area (Å²) < 4.78 is 0. The summed E-state index contributed by atoms with van der Waals surface area (Å²) in [5, 5.41) is 16.1. The van der Waals surface area contributed by atoms with Crippen molar-refractivity contribution in [3.05, 3.63) is 41.2 Å². The molecule has 0 atom stereocenters. The second-order valence-electron chi connectivity index (χ2n) is 7.06. The van der Waals surface area contributed by atoms with Gasteiger partial charge < -0.3 is 16.0 Å². The Morgan fingerprint density at radius 3 is 2.78 bits per heavy atom. The SMILES string of the molecule is Cc1cc(N2CCNC2=O)ccc1NC(=O)c1[nH]ncc1C1CCNCC1. The molecule has 27 heavy (non-hydrogen) atoms. The van der Waals surface area contributed by atoms with Crippen LogP contribution in [0, 0.1) is 6.92 Å². The van der Waals surface area contributed by atoms with Gasteiger partial charge in [-0.25, -0.2) is 4.79 Å². The van der Waals surface area contributed by atoms with Crippen molar-refractivity contribution in [2.75, 3.05) is 36.4 Å². The van der Waals surface area contributed by atoms with Crippen molar-refractivity contribution in [3.63, 3.8) is 0 Å². The summed E-state index contributed by atoms with van der Waals surface area (Å²) in [6.45, 7) is 5.14. The highest BCUT2D eigenvalue weighted by atomic mass is 16.2. The summed E-state index contributed by atoms with van der Waals surface area (Å²) in [6, 6.07) is 5.53. The molecule has 2 aliphatic heterocycles. The van der Waals surface area contributed by atoms with Crippen LogP contribution in [0.1, 0.15) is 40.4 Å². The molecule has 4 rings (SSSR count). The van der Waals surface area contributed by atoms with E-state index in [4.69, 9.17) is 0 Å². The number of piperidine rings is 1. The van der Waals surface area contributed by atoms with Gasteiger partial charge in [-0.2, -0.15) is 5.10 Å². The summed E-state index contributed by atoms with van der Waals surface area (Å²) in [4.78, 5) is 26.3. The lowest BCUT2D eigenvalue weighted by Gasteiger charge is -2.22. The normalized spacial score (nSPS) is 17.8. The topological polar surface area (TPSA) is 102 Å². The standard InChI is InChI=1S/C19H24N6O2/c1-12-10-14(25-9-8-21-19(25)27)2-3-16(12)23-18(26)17-15(11-22-24-17)13-4-6-20-7-5-13/h2-3,10-11,13,20H,4-9H2,1H3,(H,21,27)(H,22,24)(H,23,26). The Morgan fingerprint density at radius 1 is 1.26 bits per heavy atom. The number of rotatable bonds is 4. The minimum absolute atomic E-state index is 0.0877. The average molecular weight is 368 g/mol. The molecular formula is C19H24N6O2. The lowest BCUT2D eigenvalue weighted by atomic mass is 9.90. The molecule has 3 heterocycles. The van der Waals surface area contributed by atoms with Crippen LogP contribution in [-0.2, 0) is 0 Å². The van der Waals surface area contributed by atoms with Gasteiger partial charge in [0.1, 0.15) is 5.69 Å². The molecule has 0 aliphatic carbocycles. The van der Waals surface area contributed by atoms with Gasteiger partial charge in [0.2, 0.25) is 0 Å². The number of aromatic nitrogens is 2. The number of benzene rings is 1. The van der Waals surface area contributed by atoms with Crippen molar-refractivity contribution in [2.24, 2.45) is 0 Å². The molecule has 8 heteroatoms. The van der Waals surface area contributed by atoms with Crippen molar-refractivity contribution in [3.8, 4) is 0 Å². The summed E-state index contributed by atoms with van der Waals surface area (Å²) in [5.74, 6) is 0.165. The maximum atomic E-state index is 12.8. The number of H-pyrrole nitrogens is 1. The molecule has 2 saturated heterocycles. The van der Waals surface area contributed by atoms with Crippen LogP contribution in [0.25, 0.3) is 0 Å². The fourth-order valence-corrected chi connectivity index (χ4v) is 3.78. The molecule has 0 radical (unpaired) electrons. The number of hydrogen-bond donors (Lipinski definition) is 4.